The molecule has 0 unspecified atom stereocenters. The molecule has 1 amide bonds. The number of nitro groups is 1. The van der Waals surface area contributed by atoms with Crippen LogP contribution in [0.25, 0.3) is 0 Å². The predicted octanol–water partition coefficient (Wildman–Crippen LogP) is 2.18. The molecule has 166 valence electrons. The largest absolute Gasteiger partial charge is 0.495 e. The number of benzene rings is 2. The number of non-ortho nitro benzene ring substituents is 1. The quantitative estimate of drug-likeness (QED) is 0.347. The van der Waals surface area contributed by atoms with E-state index in [1.165, 1.54) is 25.3 Å². The Morgan fingerprint density at radius 1 is 1.19 bits per heavy atom. The lowest BCUT2D eigenvalue weighted by molar-refractivity contribution is -0.384. The minimum absolute atomic E-state index is 0.0238. The Bertz CT molecular complexity index is 1100. The van der Waals surface area contributed by atoms with Crippen LogP contribution in [0, 0.1) is 10.1 Å². The molecule has 0 aliphatic carbocycles. The molecular formula is C19H21N3O8S. The fraction of sp³-hybridized carbons (Fsp3) is 0.263. The van der Waals surface area contributed by atoms with Gasteiger partial charge in [-0.15, -0.1) is 0 Å². The minimum atomic E-state index is -4.04. The number of sulfonamides is 1. The SMILES string of the molecule is CCOC(=O)c1ccccc1NC(=O)CN(c1cc([N+](=O)[O-])ccc1OC)S(C)(=O)=O. The van der Waals surface area contributed by atoms with Gasteiger partial charge in [0.15, 0.2) is 0 Å². The number of nitro benzene ring substituents is 1. The van der Waals surface area contributed by atoms with Crippen molar-refractivity contribution in [3.63, 3.8) is 0 Å². The number of hydrogen-bond donors (Lipinski definition) is 1. The van der Waals surface area contributed by atoms with Crippen molar-refractivity contribution in [3.8, 4) is 5.75 Å². The van der Waals surface area contributed by atoms with Crippen LogP contribution in [-0.4, -0.2) is 51.7 Å². The van der Waals surface area contributed by atoms with Crippen LogP contribution in [0.15, 0.2) is 42.5 Å². The Balaban J connectivity index is 2.38. The summed E-state index contributed by atoms with van der Waals surface area (Å²) in [6, 6.07) is 9.46. The minimum Gasteiger partial charge on any atom is -0.495 e. The van der Waals surface area contributed by atoms with Crippen LogP contribution in [-0.2, 0) is 19.6 Å². The number of rotatable bonds is 9. The normalized spacial score (nSPS) is 10.8. The van der Waals surface area contributed by atoms with Crippen molar-refractivity contribution in [2.45, 2.75) is 6.92 Å². The molecule has 11 nitrogen and oxygen atoms in total. The maximum absolute atomic E-state index is 12.6. The third kappa shape index (κ3) is 5.92. The second-order valence-electron chi connectivity index (χ2n) is 6.20. The van der Waals surface area contributed by atoms with Crippen LogP contribution in [0.1, 0.15) is 17.3 Å². The number of nitrogens with zero attached hydrogens (tertiary/aromatic N) is 2. The van der Waals surface area contributed by atoms with Crippen molar-refractivity contribution in [3.05, 3.63) is 58.1 Å². The van der Waals surface area contributed by atoms with Gasteiger partial charge in [0.2, 0.25) is 15.9 Å². The van der Waals surface area contributed by atoms with Crippen molar-refractivity contribution in [1.29, 1.82) is 0 Å². The molecule has 2 aromatic carbocycles. The average molecular weight is 451 g/mol. The molecule has 0 saturated heterocycles. The smallest absolute Gasteiger partial charge is 0.340 e. The molecule has 0 radical (unpaired) electrons. The van der Waals surface area contributed by atoms with E-state index in [1.807, 2.05) is 0 Å². The molecule has 1 N–H and O–H groups in total. The lowest BCUT2D eigenvalue weighted by Crippen LogP contribution is -2.38. The van der Waals surface area contributed by atoms with Crippen molar-refractivity contribution >= 4 is 39.0 Å². The predicted molar refractivity (Wildman–Crippen MR) is 113 cm³/mol. The van der Waals surface area contributed by atoms with E-state index in [1.54, 1.807) is 19.1 Å². The number of nitrogens with one attached hydrogen (secondary N) is 1. The molecule has 0 fully saturated rings. The molecular weight excluding hydrogens is 430 g/mol. The number of ether oxygens (including phenoxy) is 2. The molecule has 0 aliphatic heterocycles. The first-order valence-corrected chi connectivity index (χ1v) is 10.8. The third-order valence-corrected chi connectivity index (χ3v) is 5.15. The Kier molecular flexibility index (Phi) is 7.53. The third-order valence-electron chi connectivity index (χ3n) is 4.03. The van der Waals surface area contributed by atoms with Crippen molar-refractivity contribution < 1.29 is 32.4 Å². The van der Waals surface area contributed by atoms with E-state index in [2.05, 4.69) is 5.32 Å². The molecule has 12 heteroatoms. The Morgan fingerprint density at radius 2 is 1.87 bits per heavy atom. The molecule has 0 spiro atoms. The van der Waals surface area contributed by atoms with Crippen LogP contribution in [0.3, 0.4) is 0 Å². The van der Waals surface area contributed by atoms with Crippen molar-refractivity contribution in [2.75, 3.05) is 36.1 Å². The topological polar surface area (TPSA) is 145 Å². The van der Waals surface area contributed by atoms with E-state index in [9.17, 15) is 28.1 Å². The first-order valence-electron chi connectivity index (χ1n) is 8.94. The zero-order chi connectivity index (χ0) is 23.2. The standard InChI is InChI=1S/C19H21N3O8S/c1-4-30-19(24)14-7-5-6-8-15(14)20-18(23)12-21(31(3,27)28)16-11-13(22(25)26)9-10-17(16)29-2/h5-11H,4,12H2,1-3H3,(H,20,23). The Labute approximate surface area is 178 Å². The van der Waals surface area contributed by atoms with E-state index in [4.69, 9.17) is 9.47 Å². The summed E-state index contributed by atoms with van der Waals surface area (Å²) in [6.07, 6.45) is 0.852. The fourth-order valence-corrected chi connectivity index (χ4v) is 3.52. The number of carbonyl (C=O) groups is 2. The van der Waals surface area contributed by atoms with Gasteiger partial charge in [0.05, 0.1) is 36.1 Å². The maximum atomic E-state index is 12.6. The molecule has 31 heavy (non-hydrogen) atoms. The van der Waals surface area contributed by atoms with Crippen molar-refractivity contribution in [2.24, 2.45) is 0 Å². The molecule has 0 atom stereocenters. The number of methoxy groups -OCH3 is 1. The zero-order valence-electron chi connectivity index (χ0n) is 17.0. The second kappa shape index (κ2) is 9.89. The van der Waals surface area contributed by atoms with Crippen LogP contribution in [0.4, 0.5) is 17.1 Å². The Morgan fingerprint density at radius 3 is 2.45 bits per heavy atom. The summed E-state index contributed by atoms with van der Waals surface area (Å²) in [5.74, 6) is -1.41. The van der Waals surface area contributed by atoms with Crippen LogP contribution >= 0.6 is 0 Å². The van der Waals surface area contributed by atoms with Gasteiger partial charge >= 0.3 is 5.97 Å². The molecule has 0 aliphatic rings. The second-order valence-corrected chi connectivity index (χ2v) is 8.10. The fourth-order valence-electron chi connectivity index (χ4n) is 2.67. The summed E-state index contributed by atoms with van der Waals surface area (Å²) in [4.78, 5) is 35.1. The van der Waals surface area contributed by atoms with Gasteiger partial charge in [-0.1, -0.05) is 12.1 Å². The van der Waals surface area contributed by atoms with Gasteiger partial charge in [0.1, 0.15) is 18.0 Å². The van der Waals surface area contributed by atoms with E-state index in [-0.39, 0.29) is 35.0 Å². The van der Waals surface area contributed by atoms with Gasteiger partial charge in [-0.05, 0) is 25.1 Å². The van der Waals surface area contributed by atoms with Crippen LogP contribution < -0.4 is 14.4 Å². The van der Waals surface area contributed by atoms with Gasteiger partial charge in [-0.25, -0.2) is 13.2 Å². The summed E-state index contributed by atoms with van der Waals surface area (Å²) in [5.41, 5.74) is -0.326. The highest BCUT2D eigenvalue weighted by atomic mass is 32.2. The highest BCUT2D eigenvalue weighted by Gasteiger charge is 2.26. The van der Waals surface area contributed by atoms with Gasteiger partial charge in [-0.3, -0.25) is 19.2 Å². The maximum Gasteiger partial charge on any atom is 0.340 e. The monoisotopic (exact) mass is 451 g/mol. The summed E-state index contributed by atoms with van der Waals surface area (Å²) in [7, 11) is -2.77. The number of anilines is 2. The van der Waals surface area contributed by atoms with E-state index in [0.717, 1.165) is 18.4 Å². The summed E-state index contributed by atoms with van der Waals surface area (Å²) in [5, 5.41) is 13.6. The number of carbonyl (C=O) groups excluding carboxylic acids is 2. The van der Waals surface area contributed by atoms with E-state index < -0.39 is 33.4 Å². The highest BCUT2D eigenvalue weighted by Crippen LogP contribution is 2.33. The van der Waals surface area contributed by atoms with Gasteiger partial charge in [-0.2, -0.15) is 0 Å². The lowest BCUT2D eigenvalue weighted by Gasteiger charge is -2.23. The Hall–Kier alpha value is -3.67. The number of amides is 1. The van der Waals surface area contributed by atoms with Gasteiger partial charge in [0, 0.05) is 12.1 Å². The molecule has 0 bridgehead atoms. The summed E-state index contributed by atoms with van der Waals surface area (Å²) >= 11 is 0. The summed E-state index contributed by atoms with van der Waals surface area (Å²) in [6.45, 7) is 1.05. The average Bonchev–Trinajstić information content (AvgIpc) is 2.71. The number of para-hydroxylation sites is 1. The molecule has 0 heterocycles. The molecule has 0 aromatic heterocycles. The van der Waals surface area contributed by atoms with Crippen molar-refractivity contribution in [1.82, 2.24) is 0 Å². The molecule has 0 saturated carbocycles. The van der Waals surface area contributed by atoms with E-state index >= 15 is 0 Å². The summed E-state index contributed by atoms with van der Waals surface area (Å²) < 4.78 is 35.5. The van der Waals surface area contributed by atoms with Crippen LogP contribution in [0.5, 0.6) is 5.75 Å². The molecule has 2 rings (SSSR count). The first kappa shape index (κ1) is 23.6. The van der Waals surface area contributed by atoms with E-state index in [0.29, 0.717) is 4.31 Å². The first-order chi connectivity index (χ1) is 14.6. The number of hydrogen-bond acceptors (Lipinski definition) is 8. The van der Waals surface area contributed by atoms with Gasteiger partial charge < -0.3 is 14.8 Å². The number of esters is 1. The highest BCUT2D eigenvalue weighted by molar-refractivity contribution is 7.92. The molecule has 2 aromatic rings. The van der Waals surface area contributed by atoms with Gasteiger partial charge in [0.25, 0.3) is 5.69 Å². The van der Waals surface area contributed by atoms with Crippen LogP contribution in [0.2, 0.25) is 0 Å². The zero-order valence-corrected chi connectivity index (χ0v) is 17.8. The lowest BCUT2D eigenvalue weighted by atomic mass is 10.2.